The van der Waals surface area contributed by atoms with Gasteiger partial charge in [0.25, 0.3) is 0 Å². The average Bonchev–Trinajstić information content (AvgIpc) is 3.24. The van der Waals surface area contributed by atoms with E-state index in [0.29, 0.717) is 19.3 Å². The van der Waals surface area contributed by atoms with Gasteiger partial charge in [0.1, 0.15) is 13.2 Å². The van der Waals surface area contributed by atoms with Gasteiger partial charge in [-0.1, -0.05) is 273 Å². The second-order valence-corrected chi connectivity index (χ2v) is 21.0. The predicted molar refractivity (Wildman–Crippen MR) is 270 cm³/mol. The van der Waals surface area contributed by atoms with Gasteiger partial charge in [-0.2, -0.15) is 0 Å². The second kappa shape index (κ2) is 48.3. The van der Waals surface area contributed by atoms with E-state index in [1.807, 2.05) is 0 Å². The molecule has 0 N–H and O–H groups in total. The smallest absolute Gasteiger partial charge is 0.306 e. The van der Waals surface area contributed by atoms with E-state index in [9.17, 15) is 14.4 Å². The minimum absolute atomic E-state index is 0.0643. The normalized spacial score (nSPS) is 12.1. The molecule has 0 rings (SSSR count). The zero-order valence-electron chi connectivity index (χ0n) is 43.4. The Morgan fingerprint density at radius 3 is 0.683 bits per heavy atom. The molecule has 0 spiro atoms. The summed E-state index contributed by atoms with van der Waals surface area (Å²) < 4.78 is 16.8. The topological polar surface area (TPSA) is 78.9 Å². The summed E-state index contributed by atoms with van der Waals surface area (Å²) in [7, 11) is 0. The standard InChI is InChI=1S/C57H110O6/c1-51(2)43-37-31-25-20-16-12-9-7-8-10-14-19-23-29-36-42-48-57(60)63-54(50-62-56(59)47-41-35-30-24-27-33-39-45-53(5)6)49-61-55(58)46-40-34-28-22-18-15-11-13-17-21-26-32-38-44-52(3)4/h51-54H,7-50H2,1-6H3/t54-/m0/s1. The zero-order valence-corrected chi connectivity index (χ0v) is 43.4. The van der Waals surface area contributed by atoms with Crippen LogP contribution in [0.4, 0.5) is 0 Å². The molecular formula is C57H110O6. The molecule has 0 aromatic heterocycles. The van der Waals surface area contributed by atoms with E-state index in [2.05, 4.69) is 41.5 Å². The van der Waals surface area contributed by atoms with Crippen molar-refractivity contribution >= 4 is 17.9 Å². The summed E-state index contributed by atoms with van der Waals surface area (Å²) in [6.45, 7) is 13.7. The predicted octanol–water partition coefficient (Wildman–Crippen LogP) is 18.3. The Kier molecular flexibility index (Phi) is 47.1. The van der Waals surface area contributed by atoms with Gasteiger partial charge in [0, 0.05) is 19.3 Å². The molecule has 0 amide bonds. The van der Waals surface area contributed by atoms with Crippen LogP contribution < -0.4 is 0 Å². The van der Waals surface area contributed by atoms with Crippen LogP contribution in [0.3, 0.4) is 0 Å². The molecule has 0 unspecified atom stereocenters. The van der Waals surface area contributed by atoms with Crippen molar-refractivity contribution in [3.63, 3.8) is 0 Å². The van der Waals surface area contributed by atoms with Gasteiger partial charge in [0.05, 0.1) is 0 Å². The van der Waals surface area contributed by atoms with Gasteiger partial charge in [-0.3, -0.25) is 14.4 Å². The molecule has 0 radical (unpaired) electrons. The van der Waals surface area contributed by atoms with E-state index < -0.39 is 6.10 Å². The molecule has 6 nitrogen and oxygen atoms in total. The highest BCUT2D eigenvalue weighted by Gasteiger charge is 2.19. The summed E-state index contributed by atoms with van der Waals surface area (Å²) in [5, 5.41) is 0. The Hall–Kier alpha value is -1.59. The highest BCUT2D eigenvalue weighted by atomic mass is 16.6. The van der Waals surface area contributed by atoms with Crippen molar-refractivity contribution in [3.05, 3.63) is 0 Å². The molecule has 0 bridgehead atoms. The fraction of sp³-hybridized carbons (Fsp3) is 0.947. The van der Waals surface area contributed by atoms with E-state index in [0.717, 1.165) is 75.5 Å². The fourth-order valence-corrected chi connectivity index (χ4v) is 8.65. The van der Waals surface area contributed by atoms with Gasteiger partial charge in [-0.05, 0) is 37.0 Å². The first-order chi connectivity index (χ1) is 30.6. The van der Waals surface area contributed by atoms with Crippen LogP contribution in [0.15, 0.2) is 0 Å². The van der Waals surface area contributed by atoms with Crippen molar-refractivity contribution in [3.8, 4) is 0 Å². The molecule has 0 saturated carbocycles. The number of unbranched alkanes of at least 4 members (excludes halogenated alkanes) is 33. The van der Waals surface area contributed by atoms with Gasteiger partial charge in [0.15, 0.2) is 6.10 Å². The monoisotopic (exact) mass is 891 g/mol. The number of hydrogen-bond donors (Lipinski definition) is 0. The van der Waals surface area contributed by atoms with Crippen LogP contribution >= 0.6 is 0 Å². The van der Waals surface area contributed by atoms with Crippen LogP contribution in [0, 0.1) is 17.8 Å². The van der Waals surface area contributed by atoms with Gasteiger partial charge in [-0.15, -0.1) is 0 Å². The fourth-order valence-electron chi connectivity index (χ4n) is 8.65. The average molecular weight is 892 g/mol. The molecule has 374 valence electrons. The first kappa shape index (κ1) is 61.4. The van der Waals surface area contributed by atoms with E-state index in [1.165, 1.54) is 193 Å². The van der Waals surface area contributed by atoms with E-state index >= 15 is 0 Å². The lowest BCUT2D eigenvalue weighted by Crippen LogP contribution is -2.30. The SMILES string of the molecule is CC(C)CCCCCCCCCCCCCCCCCCC(=O)O[C@@H](COC(=O)CCCCCCCCCCCCCCCC(C)C)COC(=O)CCCCCCCCCC(C)C. The summed E-state index contributed by atoms with van der Waals surface area (Å²) in [6.07, 6.45) is 49.6. The first-order valence-electron chi connectivity index (χ1n) is 28.1. The highest BCUT2D eigenvalue weighted by Crippen LogP contribution is 2.18. The van der Waals surface area contributed by atoms with Crippen molar-refractivity contribution in [2.45, 2.75) is 317 Å². The highest BCUT2D eigenvalue weighted by molar-refractivity contribution is 5.71. The number of esters is 3. The maximum Gasteiger partial charge on any atom is 0.306 e. The summed E-state index contributed by atoms with van der Waals surface area (Å²) >= 11 is 0. The van der Waals surface area contributed by atoms with Crippen LogP contribution in [-0.2, 0) is 28.6 Å². The lowest BCUT2D eigenvalue weighted by molar-refractivity contribution is -0.167. The third kappa shape index (κ3) is 51.3. The largest absolute Gasteiger partial charge is 0.462 e. The molecule has 0 aliphatic heterocycles. The van der Waals surface area contributed by atoms with Gasteiger partial charge in [0.2, 0.25) is 0 Å². The van der Waals surface area contributed by atoms with E-state index in [-0.39, 0.29) is 31.1 Å². The van der Waals surface area contributed by atoms with Gasteiger partial charge in [-0.25, -0.2) is 0 Å². The van der Waals surface area contributed by atoms with Crippen molar-refractivity contribution in [2.24, 2.45) is 17.8 Å². The quantitative estimate of drug-likeness (QED) is 0.0344. The molecule has 0 aromatic rings. The third-order valence-corrected chi connectivity index (χ3v) is 12.9. The lowest BCUT2D eigenvalue weighted by atomic mass is 10.0. The summed E-state index contributed by atoms with van der Waals surface area (Å²) in [4.78, 5) is 38.0. The number of ether oxygens (including phenoxy) is 3. The maximum atomic E-state index is 12.8. The van der Waals surface area contributed by atoms with E-state index in [4.69, 9.17) is 14.2 Å². The molecule has 0 aliphatic carbocycles. The van der Waals surface area contributed by atoms with Crippen molar-refractivity contribution < 1.29 is 28.6 Å². The molecule has 0 saturated heterocycles. The number of rotatable bonds is 50. The lowest BCUT2D eigenvalue weighted by Gasteiger charge is -2.18. The van der Waals surface area contributed by atoms with E-state index in [1.54, 1.807) is 0 Å². The van der Waals surface area contributed by atoms with Crippen LogP contribution in [-0.4, -0.2) is 37.2 Å². The molecule has 63 heavy (non-hydrogen) atoms. The minimum Gasteiger partial charge on any atom is -0.462 e. The van der Waals surface area contributed by atoms with Gasteiger partial charge >= 0.3 is 17.9 Å². The molecule has 0 fully saturated rings. The second-order valence-electron chi connectivity index (χ2n) is 21.0. The minimum atomic E-state index is -0.763. The van der Waals surface area contributed by atoms with Crippen molar-refractivity contribution in [1.29, 1.82) is 0 Å². The van der Waals surface area contributed by atoms with Crippen LogP contribution in [0.1, 0.15) is 311 Å². The van der Waals surface area contributed by atoms with Crippen LogP contribution in [0.2, 0.25) is 0 Å². The Morgan fingerprint density at radius 2 is 0.460 bits per heavy atom. The van der Waals surface area contributed by atoms with Crippen LogP contribution in [0.25, 0.3) is 0 Å². The Morgan fingerprint density at radius 1 is 0.270 bits per heavy atom. The number of carbonyl (C=O) groups excluding carboxylic acids is 3. The summed E-state index contributed by atoms with van der Waals surface area (Å²) in [6, 6.07) is 0. The van der Waals surface area contributed by atoms with Gasteiger partial charge < -0.3 is 14.2 Å². The molecule has 0 aliphatic rings. The Balaban J connectivity index is 4.25. The third-order valence-electron chi connectivity index (χ3n) is 12.9. The van der Waals surface area contributed by atoms with Crippen molar-refractivity contribution in [2.75, 3.05) is 13.2 Å². The molecule has 1 atom stereocenters. The maximum absolute atomic E-state index is 12.8. The van der Waals surface area contributed by atoms with Crippen molar-refractivity contribution in [1.82, 2.24) is 0 Å². The summed E-state index contributed by atoms with van der Waals surface area (Å²) in [5.41, 5.74) is 0. The molecular weight excluding hydrogens is 781 g/mol. The Labute approximate surface area is 393 Å². The Bertz CT molecular complexity index is 976. The zero-order chi connectivity index (χ0) is 46.3. The first-order valence-corrected chi connectivity index (χ1v) is 28.1. The number of carbonyl (C=O) groups is 3. The number of hydrogen-bond acceptors (Lipinski definition) is 6. The van der Waals surface area contributed by atoms with Crippen LogP contribution in [0.5, 0.6) is 0 Å². The molecule has 0 heterocycles. The molecule has 0 aromatic carbocycles. The summed E-state index contributed by atoms with van der Waals surface area (Å²) in [5.74, 6) is 1.62. The molecule has 6 heteroatoms.